The van der Waals surface area contributed by atoms with Crippen LogP contribution in [0.2, 0.25) is 0 Å². The highest BCUT2D eigenvalue weighted by Crippen LogP contribution is 2.56. The van der Waals surface area contributed by atoms with Crippen molar-refractivity contribution in [3.63, 3.8) is 0 Å². The summed E-state index contributed by atoms with van der Waals surface area (Å²) in [4.78, 5) is 26.1. The smallest absolute Gasteiger partial charge is 0.319 e. The van der Waals surface area contributed by atoms with Gasteiger partial charge in [0.2, 0.25) is 0 Å². The quantitative estimate of drug-likeness (QED) is 0.493. The Kier molecular flexibility index (Phi) is 4.07. The number of fused-ring (bicyclic) bond motifs is 6. The molecule has 5 nitrogen and oxygen atoms in total. The zero-order chi connectivity index (χ0) is 21.2. The van der Waals surface area contributed by atoms with Crippen molar-refractivity contribution in [2.75, 3.05) is 0 Å². The zero-order valence-corrected chi connectivity index (χ0v) is 17.5. The highest BCUT2D eigenvalue weighted by atomic mass is 16.5. The minimum absolute atomic E-state index is 0.0702. The van der Waals surface area contributed by atoms with Crippen LogP contribution in [0.5, 0.6) is 17.2 Å². The molecule has 3 unspecified atom stereocenters. The first kappa shape index (κ1) is 18.9. The average molecular weight is 404 g/mol. The van der Waals surface area contributed by atoms with Crippen molar-refractivity contribution >= 4 is 17.8 Å². The Morgan fingerprint density at radius 2 is 1.73 bits per heavy atom. The van der Waals surface area contributed by atoms with Gasteiger partial charge in [0.05, 0.1) is 11.5 Å². The predicted octanol–water partition coefficient (Wildman–Crippen LogP) is 5.03. The fourth-order valence-corrected chi connectivity index (χ4v) is 4.69. The van der Waals surface area contributed by atoms with E-state index in [0.717, 1.165) is 16.7 Å². The maximum atomic E-state index is 13.1. The molecule has 154 valence electrons. The van der Waals surface area contributed by atoms with E-state index in [2.05, 4.69) is 0 Å². The number of hydrogen-bond acceptors (Lipinski definition) is 5. The lowest BCUT2D eigenvalue weighted by molar-refractivity contribution is -0.137. The lowest BCUT2D eigenvalue weighted by Crippen LogP contribution is -2.35. The Morgan fingerprint density at radius 3 is 2.47 bits per heavy atom. The molecule has 3 atom stereocenters. The third kappa shape index (κ3) is 2.76. The highest BCUT2D eigenvalue weighted by molar-refractivity contribution is 6.06. The minimum Gasteiger partial charge on any atom is -0.489 e. The van der Waals surface area contributed by atoms with Crippen LogP contribution in [-0.4, -0.2) is 23.5 Å². The minimum atomic E-state index is -0.525. The number of Topliss-reactive ketones (excluding diaryl/α,β-unsaturated/α-hetero) is 1. The Balaban J connectivity index is 1.78. The molecule has 5 rings (SSSR count). The van der Waals surface area contributed by atoms with Gasteiger partial charge in [-0.1, -0.05) is 37.3 Å². The van der Waals surface area contributed by atoms with Gasteiger partial charge in [-0.2, -0.15) is 0 Å². The summed E-state index contributed by atoms with van der Waals surface area (Å²) < 4.78 is 18.3. The van der Waals surface area contributed by atoms with Crippen LogP contribution in [0.1, 0.15) is 73.0 Å². The summed E-state index contributed by atoms with van der Waals surface area (Å²) >= 11 is 0. The van der Waals surface area contributed by atoms with Crippen molar-refractivity contribution in [1.29, 1.82) is 0 Å². The summed E-state index contributed by atoms with van der Waals surface area (Å²) in [6, 6.07) is 9.60. The van der Waals surface area contributed by atoms with Crippen LogP contribution < -0.4 is 14.2 Å². The number of benzene rings is 2. The van der Waals surface area contributed by atoms with Crippen LogP contribution in [0, 0.1) is 0 Å². The van der Waals surface area contributed by atoms with Gasteiger partial charge in [-0.25, -0.2) is 0 Å². The number of hydrogen-bond donors (Lipinski definition) is 0. The van der Waals surface area contributed by atoms with E-state index in [1.54, 1.807) is 0 Å². The van der Waals surface area contributed by atoms with Crippen LogP contribution in [0.15, 0.2) is 36.4 Å². The Morgan fingerprint density at radius 1 is 1.00 bits per heavy atom. The molecule has 0 fully saturated rings. The van der Waals surface area contributed by atoms with Crippen molar-refractivity contribution in [3.05, 3.63) is 58.7 Å². The Hall–Kier alpha value is -3.08. The summed E-state index contributed by atoms with van der Waals surface area (Å²) in [5, 5.41) is 0. The topological polar surface area (TPSA) is 61.8 Å². The molecule has 3 aliphatic rings. The van der Waals surface area contributed by atoms with Crippen molar-refractivity contribution in [3.8, 4) is 17.2 Å². The third-order valence-corrected chi connectivity index (χ3v) is 6.09. The second-order valence-corrected chi connectivity index (χ2v) is 8.88. The number of ketones is 1. The monoisotopic (exact) mass is 404 g/mol. The van der Waals surface area contributed by atoms with E-state index in [4.69, 9.17) is 14.2 Å². The molecule has 5 heteroatoms. The first-order chi connectivity index (χ1) is 14.3. The molecule has 3 heterocycles. The van der Waals surface area contributed by atoms with Gasteiger partial charge in [0.25, 0.3) is 0 Å². The Bertz CT molecular complexity index is 1100. The molecule has 0 spiro atoms. The maximum Gasteiger partial charge on any atom is 0.319 e. The van der Waals surface area contributed by atoms with Crippen LogP contribution >= 0.6 is 0 Å². The molecule has 2 aromatic rings. The van der Waals surface area contributed by atoms with Gasteiger partial charge in [-0.05, 0) is 38.5 Å². The van der Waals surface area contributed by atoms with E-state index >= 15 is 0 Å². The molecule has 0 N–H and O–H groups in total. The van der Waals surface area contributed by atoms with Gasteiger partial charge in [0.1, 0.15) is 28.8 Å². The number of rotatable bonds is 1. The number of carbonyl (C=O) groups is 2. The molecule has 0 saturated heterocycles. The number of ether oxygens (including phenoxy) is 3. The predicted molar refractivity (Wildman–Crippen MR) is 112 cm³/mol. The third-order valence-electron chi connectivity index (χ3n) is 6.09. The fourth-order valence-electron chi connectivity index (χ4n) is 4.69. The van der Waals surface area contributed by atoms with Crippen molar-refractivity contribution in [2.45, 2.75) is 57.7 Å². The largest absolute Gasteiger partial charge is 0.489 e. The van der Waals surface area contributed by atoms with Crippen LogP contribution in [-0.2, 0) is 4.79 Å². The van der Waals surface area contributed by atoms with Crippen LogP contribution in [0.3, 0.4) is 0 Å². The molecule has 0 saturated carbocycles. The van der Waals surface area contributed by atoms with Crippen LogP contribution in [0.25, 0.3) is 6.08 Å². The molecule has 0 aliphatic carbocycles. The fraction of sp³-hybridized carbons (Fsp3) is 0.360. The molecular formula is C25H24O5. The van der Waals surface area contributed by atoms with E-state index in [-0.39, 0.29) is 30.2 Å². The second kappa shape index (κ2) is 6.46. The van der Waals surface area contributed by atoms with Gasteiger partial charge in [0, 0.05) is 17.9 Å². The van der Waals surface area contributed by atoms with E-state index in [1.165, 1.54) is 0 Å². The number of carbonyl (C=O) groups excluding carboxylic acids is 2. The number of esters is 1. The zero-order valence-electron chi connectivity index (χ0n) is 17.5. The summed E-state index contributed by atoms with van der Waals surface area (Å²) in [6.07, 6.45) is 3.93. The lowest BCUT2D eigenvalue weighted by Gasteiger charge is -2.39. The molecule has 0 aromatic heterocycles. The van der Waals surface area contributed by atoms with Gasteiger partial charge < -0.3 is 14.2 Å². The summed E-state index contributed by atoms with van der Waals surface area (Å²) in [7, 11) is 0. The first-order valence-electron chi connectivity index (χ1n) is 10.4. The molecule has 30 heavy (non-hydrogen) atoms. The maximum absolute atomic E-state index is 13.1. The lowest BCUT2D eigenvalue weighted by atomic mass is 9.77. The van der Waals surface area contributed by atoms with E-state index in [9.17, 15) is 9.59 Å². The standard InChI is InChI=1S/C25H24O5/c1-13-12-17(26)20-21(28-13)16-10-11-25(3,4)30-22(16)19-14(2)18(24(27)29-23(19)20)15-8-6-5-7-9-15/h5-11,13-14,18H,12H2,1-4H3. The summed E-state index contributed by atoms with van der Waals surface area (Å²) in [6.45, 7) is 7.81. The highest BCUT2D eigenvalue weighted by Gasteiger charge is 2.45. The molecule has 2 aromatic carbocycles. The molecule has 3 aliphatic heterocycles. The van der Waals surface area contributed by atoms with Gasteiger partial charge in [0.15, 0.2) is 11.5 Å². The van der Waals surface area contributed by atoms with Crippen molar-refractivity contribution in [1.82, 2.24) is 0 Å². The normalized spacial score (nSPS) is 25.9. The van der Waals surface area contributed by atoms with E-state index in [0.29, 0.717) is 22.8 Å². The Labute approximate surface area is 175 Å². The first-order valence-corrected chi connectivity index (χ1v) is 10.4. The second-order valence-electron chi connectivity index (χ2n) is 8.88. The molecule has 0 bridgehead atoms. The van der Waals surface area contributed by atoms with Crippen LogP contribution in [0.4, 0.5) is 0 Å². The van der Waals surface area contributed by atoms with Gasteiger partial charge >= 0.3 is 5.97 Å². The molecule has 0 radical (unpaired) electrons. The molecule has 0 amide bonds. The van der Waals surface area contributed by atoms with Gasteiger partial charge in [-0.3, -0.25) is 9.59 Å². The summed E-state index contributed by atoms with van der Waals surface area (Å²) in [5.41, 5.74) is 2.24. The van der Waals surface area contributed by atoms with Crippen molar-refractivity contribution < 1.29 is 23.8 Å². The SMILES string of the molecule is CC1CC(=O)c2c(c3c(c4c2OC(=O)C(c2ccccc2)C4C)OC(C)(C)C=C3)O1. The summed E-state index contributed by atoms with van der Waals surface area (Å²) in [5.74, 6) is 0.265. The van der Waals surface area contributed by atoms with Gasteiger partial charge in [-0.15, -0.1) is 0 Å². The average Bonchev–Trinajstić information content (AvgIpc) is 2.67. The van der Waals surface area contributed by atoms with Crippen molar-refractivity contribution in [2.24, 2.45) is 0 Å². The van der Waals surface area contributed by atoms with E-state index in [1.807, 2.05) is 70.2 Å². The van der Waals surface area contributed by atoms with E-state index < -0.39 is 11.5 Å². The molecular weight excluding hydrogens is 380 g/mol.